The van der Waals surface area contributed by atoms with Crippen LogP contribution in [0, 0.1) is 5.82 Å². The fourth-order valence-corrected chi connectivity index (χ4v) is 6.78. The number of nitrogens with zero attached hydrogens (tertiary/aromatic N) is 4. The Kier molecular flexibility index (Phi) is 7.22. The fraction of sp³-hybridized carbons (Fsp3) is 0.370. The molecule has 11 heteroatoms. The highest BCUT2D eigenvalue weighted by atomic mass is 35.5. The first-order valence-electron chi connectivity index (χ1n) is 12.2. The molecule has 2 aliphatic heterocycles. The second kappa shape index (κ2) is 10.2. The highest BCUT2D eigenvalue weighted by molar-refractivity contribution is 7.99. The zero-order chi connectivity index (χ0) is 27.4. The summed E-state index contributed by atoms with van der Waals surface area (Å²) in [7, 11) is 0. The smallest absolute Gasteiger partial charge is 0.350 e. The number of hydrogen-bond donors (Lipinski definition) is 0. The maximum absolute atomic E-state index is 14.2. The van der Waals surface area contributed by atoms with Gasteiger partial charge in [0, 0.05) is 64.9 Å². The van der Waals surface area contributed by atoms with E-state index in [1.807, 2.05) is 11.8 Å². The molecule has 0 bridgehead atoms. The number of amides is 1. The fourth-order valence-electron chi connectivity index (χ4n) is 4.98. The zero-order valence-corrected chi connectivity index (χ0v) is 23.4. The summed E-state index contributed by atoms with van der Waals surface area (Å²) in [6, 6.07) is 5.88. The SMILES string of the molecule is C[C@H]1CN(C(=O)/C=C/C(C)(C)F)CCN1c1nc(=O)n2c3c(c(-c4cc(F)cc(Cl)c4)c(Cl)cc13)SCC2. The van der Waals surface area contributed by atoms with Gasteiger partial charge in [-0.1, -0.05) is 23.2 Å². The maximum Gasteiger partial charge on any atom is 0.350 e. The first-order valence-corrected chi connectivity index (χ1v) is 14.0. The first kappa shape index (κ1) is 27.0. The molecule has 5 rings (SSSR count). The van der Waals surface area contributed by atoms with Crippen molar-refractivity contribution in [1.29, 1.82) is 0 Å². The summed E-state index contributed by atoms with van der Waals surface area (Å²) in [5.41, 5.74) is -0.0884. The van der Waals surface area contributed by atoms with E-state index in [0.717, 1.165) is 4.90 Å². The topological polar surface area (TPSA) is 58.4 Å². The molecular weight excluding hydrogens is 553 g/mol. The van der Waals surface area contributed by atoms with E-state index in [1.54, 1.807) is 33.4 Å². The summed E-state index contributed by atoms with van der Waals surface area (Å²) in [5.74, 6) is 0.399. The van der Waals surface area contributed by atoms with Gasteiger partial charge in [-0.2, -0.15) is 4.98 Å². The molecule has 3 heterocycles. The van der Waals surface area contributed by atoms with Crippen molar-refractivity contribution in [1.82, 2.24) is 14.5 Å². The van der Waals surface area contributed by atoms with Gasteiger partial charge in [-0.3, -0.25) is 9.36 Å². The summed E-state index contributed by atoms with van der Waals surface area (Å²) >= 11 is 14.5. The summed E-state index contributed by atoms with van der Waals surface area (Å²) in [6.07, 6.45) is 2.52. The lowest BCUT2D eigenvalue weighted by Crippen LogP contribution is -2.54. The van der Waals surface area contributed by atoms with E-state index in [0.29, 0.717) is 64.8 Å². The Labute approximate surface area is 233 Å². The number of carbonyl (C=O) groups excluding carboxylic acids is 1. The number of piperazine rings is 1. The number of aromatic nitrogens is 2. The van der Waals surface area contributed by atoms with Crippen molar-refractivity contribution in [3.63, 3.8) is 0 Å². The molecule has 1 aromatic heterocycles. The van der Waals surface area contributed by atoms with E-state index in [-0.39, 0.29) is 22.7 Å². The van der Waals surface area contributed by atoms with Gasteiger partial charge in [-0.05, 0) is 56.7 Å². The largest absolute Gasteiger partial charge is 0.350 e. The minimum absolute atomic E-state index is 0.162. The quantitative estimate of drug-likeness (QED) is 0.358. The van der Waals surface area contributed by atoms with Crippen LogP contribution in [0.1, 0.15) is 20.8 Å². The van der Waals surface area contributed by atoms with Crippen LogP contribution in [0.15, 0.2) is 46.1 Å². The average Bonchev–Trinajstić information content (AvgIpc) is 2.83. The van der Waals surface area contributed by atoms with Crippen LogP contribution in [0.25, 0.3) is 22.0 Å². The number of allylic oxidation sites excluding steroid dienone is 1. The maximum atomic E-state index is 14.2. The van der Waals surface area contributed by atoms with Crippen molar-refractivity contribution in [2.45, 2.75) is 43.9 Å². The predicted octanol–water partition coefficient (Wildman–Crippen LogP) is 5.96. The van der Waals surface area contributed by atoms with Gasteiger partial charge in [0.15, 0.2) is 0 Å². The molecule has 0 N–H and O–H groups in total. The van der Waals surface area contributed by atoms with Crippen LogP contribution in [-0.2, 0) is 11.3 Å². The number of thioether (sulfide) groups is 1. The summed E-state index contributed by atoms with van der Waals surface area (Å²) < 4.78 is 29.7. The van der Waals surface area contributed by atoms with Crippen LogP contribution in [0.3, 0.4) is 0 Å². The first-order chi connectivity index (χ1) is 17.9. The number of hydrogen-bond acceptors (Lipinski definition) is 5. The van der Waals surface area contributed by atoms with Crippen LogP contribution in [0.4, 0.5) is 14.6 Å². The van der Waals surface area contributed by atoms with Gasteiger partial charge in [-0.15, -0.1) is 11.8 Å². The lowest BCUT2D eigenvalue weighted by atomic mass is 10.0. The van der Waals surface area contributed by atoms with Crippen LogP contribution in [0.2, 0.25) is 10.0 Å². The lowest BCUT2D eigenvalue weighted by molar-refractivity contribution is -0.126. The van der Waals surface area contributed by atoms with Crippen molar-refractivity contribution < 1.29 is 13.6 Å². The van der Waals surface area contributed by atoms with Crippen molar-refractivity contribution in [3.8, 4) is 11.1 Å². The Balaban J connectivity index is 1.58. The van der Waals surface area contributed by atoms with E-state index >= 15 is 0 Å². The van der Waals surface area contributed by atoms with Crippen molar-refractivity contribution >= 4 is 57.6 Å². The number of alkyl halides is 1. The number of aryl methyl sites for hydroxylation is 1. The molecule has 0 aliphatic carbocycles. The second-order valence-electron chi connectivity index (χ2n) is 10.1. The lowest BCUT2D eigenvalue weighted by Gasteiger charge is -2.41. The van der Waals surface area contributed by atoms with Gasteiger partial charge in [0.25, 0.3) is 0 Å². The standard InChI is InChI=1S/C27H26Cl2F2N4O2S/c1-15-14-33(21(36)4-5-27(2,3)31)6-7-34(15)25-19-13-20(29)22(16-10-17(28)12-18(30)11-16)24-23(19)35(8-9-38-24)26(37)32-25/h4-5,10-13,15H,6-9,14H2,1-3H3/b5-4+/t15-/m0/s1. The van der Waals surface area contributed by atoms with Crippen LogP contribution in [0.5, 0.6) is 0 Å². The van der Waals surface area contributed by atoms with Crippen molar-refractivity contribution in [3.05, 3.63) is 62.8 Å². The Morgan fingerprint density at radius 3 is 2.63 bits per heavy atom. The molecule has 2 aromatic carbocycles. The second-order valence-corrected chi connectivity index (χ2v) is 12.0. The van der Waals surface area contributed by atoms with Gasteiger partial charge in [0.2, 0.25) is 5.91 Å². The van der Waals surface area contributed by atoms with Gasteiger partial charge >= 0.3 is 5.69 Å². The molecule has 1 atom stereocenters. The highest BCUT2D eigenvalue weighted by Gasteiger charge is 2.31. The summed E-state index contributed by atoms with van der Waals surface area (Å²) in [6.45, 7) is 6.42. The molecule has 3 aromatic rings. The van der Waals surface area contributed by atoms with E-state index in [9.17, 15) is 18.4 Å². The molecule has 200 valence electrons. The third kappa shape index (κ3) is 5.16. The number of anilines is 1. The third-order valence-corrected chi connectivity index (χ3v) is 8.29. The highest BCUT2D eigenvalue weighted by Crippen LogP contribution is 2.46. The zero-order valence-electron chi connectivity index (χ0n) is 21.1. The molecule has 0 radical (unpaired) electrons. The number of rotatable bonds is 4. The molecule has 0 unspecified atom stereocenters. The minimum Gasteiger partial charge on any atom is -0.350 e. The Hall–Kier alpha value is -2.62. The molecule has 6 nitrogen and oxygen atoms in total. The number of benzene rings is 2. The minimum atomic E-state index is -1.58. The van der Waals surface area contributed by atoms with Gasteiger partial charge < -0.3 is 9.80 Å². The molecule has 38 heavy (non-hydrogen) atoms. The van der Waals surface area contributed by atoms with Crippen molar-refractivity contribution in [2.75, 3.05) is 30.3 Å². The predicted molar refractivity (Wildman–Crippen MR) is 150 cm³/mol. The summed E-state index contributed by atoms with van der Waals surface area (Å²) in [5, 5.41) is 1.37. The van der Waals surface area contributed by atoms with E-state index < -0.39 is 11.5 Å². The molecule has 2 aliphatic rings. The molecule has 1 saturated heterocycles. The van der Waals surface area contributed by atoms with Gasteiger partial charge in [0.1, 0.15) is 17.3 Å². The van der Waals surface area contributed by atoms with Crippen molar-refractivity contribution in [2.24, 2.45) is 0 Å². The summed E-state index contributed by atoms with van der Waals surface area (Å²) in [4.78, 5) is 34.7. The molecule has 1 amide bonds. The van der Waals surface area contributed by atoms with Crippen LogP contribution < -0.4 is 10.6 Å². The van der Waals surface area contributed by atoms with Crippen LogP contribution >= 0.6 is 35.0 Å². The van der Waals surface area contributed by atoms with E-state index in [1.165, 1.54) is 38.1 Å². The normalized spacial score (nSPS) is 18.0. The molecule has 1 fully saturated rings. The van der Waals surface area contributed by atoms with E-state index in [2.05, 4.69) is 4.98 Å². The number of carbonyl (C=O) groups is 1. The Morgan fingerprint density at radius 1 is 1.18 bits per heavy atom. The molecule has 0 spiro atoms. The van der Waals surface area contributed by atoms with Crippen LogP contribution in [-0.4, -0.2) is 57.5 Å². The van der Waals surface area contributed by atoms with Gasteiger partial charge in [-0.25, -0.2) is 13.6 Å². The van der Waals surface area contributed by atoms with E-state index in [4.69, 9.17) is 23.2 Å². The number of halogens is 4. The third-order valence-electron chi connectivity index (χ3n) is 6.70. The Morgan fingerprint density at radius 2 is 1.95 bits per heavy atom. The average molecular weight is 580 g/mol. The molecular formula is C27H26Cl2F2N4O2S. The monoisotopic (exact) mass is 578 g/mol. The molecule has 0 saturated carbocycles. The van der Waals surface area contributed by atoms with Gasteiger partial charge in [0.05, 0.1) is 10.5 Å². The Bertz CT molecular complexity index is 1520.